The van der Waals surface area contributed by atoms with E-state index in [9.17, 15) is 4.79 Å². The van der Waals surface area contributed by atoms with Gasteiger partial charge in [0.1, 0.15) is 6.54 Å². The van der Waals surface area contributed by atoms with Crippen LogP contribution in [0.15, 0.2) is 41.8 Å². The Hall–Kier alpha value is -1.69. The van der Waals surface area contributed by atoms with Crippen LogP contribution in [0.25, 0.3) is 10.1 Å². The molecule has 1 aliphatic heterocycles. The number of fused-ring (bicyclic) bond motifs is 1. The lowest BCUT2D eigenvalue weighted by atomic mass is 10.1. The van der Waals surface area contributed by atoms with Crippen LogP contribution in [-0.2, 0) is 6.54 Å². The Labute approximate surface area is 150 Å². The molecule has 1 aliphatic rings. The number of thiophene rings is 2. The van der Waals surface area contributed by atoms with Crippen molar-refractivity contribution in [2.75, 3.05) is 26.2 Å². The summed E-state index contributed by atoms with van der Waals surface area (Å²) in [6.07, 6.45) is 0. The van der Waals surface area contributed by atoms with Gasteiger partial charge in [-0.25, -0.2) is 0 Å². The number of nitrogens with zero attached hydrogens (tertiary/aromatic N) is 1. The van der Waals surface area contributed by atoms with Crippen molar-refractivity contribution >= 4 is 38.7 Å². The van der Waals surface area contributed by atoms with Crippen molar-refractivity contribution in [3.63, 3.8) is 0 Å². The summed E-state index contributed by atoms with van der Waals surface area (Å²) in [6.45, 7) is 6.94. The molecule has 3 aromatic rings. The molecule has 3 nitrogen and oxygen atoms in total. The highest BCUT2D eigenvalue weighted by Gasteiger charge is 2.27. The van der Waals surface area contributed by atoms with Crippen LogP contribution >= 0.6 is 22.7 Å². The Morgan fingerprint density at radius 2 is 1.96 bits per heavy atom. The van der Waals surface area contributed by atoms with E-state index >= 15 is 0 Å². The van der Waals surface area contributed by atoms with Crippen LogP contribution in [0.3, 0.4) is 0 Å². The van der Waals surface area contributed by atoms with Crippen molar-refractivity contribution in [2.45, 2.75) is 13.5 Å². The zero-order valence-electron chi connectivity index (χ0n) is 13.7. The molecule has 0 radical (unpaired) electrons. The molecule has 124 valence electrons. The van der Waals surface area contributed by atoms with Gasteiger partial charge in [0.15, 0.2) is 0 Å². The number of carbonyl (C=O) groups excluding carboxylic acids is 1. The summed E-state index contributed by atoms with van der Waals surface area (Å²) in [5.41, 5.74) is 1.13. The number of carbonyl (C=O) groups is 1. The summed E-state index contributed by atoms with van der Waals surface area (Å²) in [7, 11) is 0. The molecule has 0 aliphatic carbocycles. The smallest absolute Gasteiger partial charge is 0.264 e. The summed E-state index contributed by atoms with van der Waals surface area (Å²) in [5.74, 6) is 0.212. The summed E-state index contributed by atoms with van der Waals surface area (Å²) >= 11 is 3.46. The monoisotopic (exact) mass is 357 g/mol. The lowest BCUT2D eigenvalue weighted by Crippen LogP contribution is -3.13. The van der Waals surface area contributed by atoms with Gasteiger partial charge in [0.2, 0.25) is 0 Å². The molecule has 1 aromatic carbocycles. The predicted molar refractivity (Wildman–Crippen MR) is 101 cm³/mol. The predicted octanol–water partition coefficient (Wildman–Crippen LogP) is 2.81. The van der Waals surface area contributed by atoms with Gasteiger partial charge in [0.05, 0.1) is 35.9 Å². The molecular weight excluding hydrogens is 336 g/mol. The topological polar surface area (TPSA) is 24.8 Å². The third-order valence-corrected chi connectivity index (χ3v) is 6.94. The molecule has 0 spiro atoms. The first-order valence-electron chi connectivity index (χ1n) is 8.36. The zero-order chi connectivity index (χ0) is 16.5. The molecule has 4 rings (SSSR count). The summed E-state index contributed by atoms with van der Waals surface area (Å²) in [6, 6.07) is 12.6. The molecule has 0 saturated carbocycles. The molecule has 2 aromatic heterocycles. The van der Waals surface area contributed by atoms with E-state index in [1.165, 1.54) is 15.0 Å². The minimum absolute atomic E-state index is 0.212. The lowest BCUT2D eigenvalue weighted by Gasteiger charge is -2.32. The highest BCUT2D eigenvalue weighted by atomic mass is 32.1. The standard InChI is InChI=1S/C19H20N2OS2/c1-14-16-6-2-3-7-17(16)24-18(14)19(22)21-10-8-20(9-11-21)13-15-5-4-12-23-15/h2-7,12H,8-11,13H2,1H3/p+1. The molecule has 0 unspecified atom stereocenters. The van der Waals surface area contributed by atoms with E-state index < -0.39 is 0 Å². The first-order chi connectivity index (χ1) is 11.7. The van der Waals surface area contributed by atoms with Gasteiger partial charge in [-0.15, -0.1) is 22.7 Å². The maximum absolute atomic E-state index is 12.9. The Balaban J connectivity index is 1.45. The van der Waals surface area contributed by atoms with Crippen LogP contribution < -0.4 is 4.90 Å². The Morgan fingerprint density at radius 3 is 2.67 bits per heavy atom. The lowest BCUT2D eigenvalue weighted by molar-refractivity contribution is -0.917. The van der Waals surface area contributed by atoms with E-state index in [4.69, 9.17) is 0 Å². The van der Waals surface area contributed by atoms with Crippen molar-refractivity contribution in [3.8, 4) is 0 Å². The number of hydrogen-bond acceptors (Lipinski definition) is 3. The fourth-order valence-electron chi connectivity index (χ4n) is 3.38. The van der Waals surface area contributed by atoms with Gasteiger partial charge in [-0.2, -0.15) is 0 Å². The van der Waals surface area contributed by atoms with E-state index in [0.29, 0.717) is 0 Å². The Kier molecular flexibility index (Phi) is 4.39. The molecule has 0 bridgehead atoms. The Morgan fingerprint density at radius 1 is 1.17 bits per heavy atom. The van der Waals surface area contributed by atoms with Crippen molar-refractivity contribution in [1.29, 1.82) is 0 Å². The maximum Gasteiger partial charge on any atom is 0.264 e. The van der Waals surface area contributed by atoms with Gasteiger partial charge in [0.25, 0.3) is 5.91 Å². The molecule has 1 fully saturated rings. The number of rotatable bonds is 3. The third-order valence-electron chi connectivity index (χ3n) is 4.80. The average Bonchev–Trinajstić information content (AvgIpc) is 3.23. The third kappa shape index (κ3) is 2.99. The fourth-order valence-corrected chi connectivity index (χ4v) is 5.34. The quantitative estimate of drug-likeness (QED) is 0.766. The number of hydrogen-bond donors (Lipinski definition) is 1. The van der Waals surface area contributed by atoms with Crippen molar-refractivity contribution in [1.82, 2.24) is 4.90 Å². The molecule has 0 atom stereocenters. The molecule has 1 amide bonds. The van der Waals surface area contributed by atoms with E-state index in [-0.39, 0.29) is 5.91 Å². The number of nitrogens with one attached hydrogen (secondary N) is 1. The van der Waals surface area contributed by atoms with Crippen LogP contribution in [0.2, 0.25) is 0 Å². The van der Waals surface area contributed by atoms with Crippen molar-refractivity contribution in [3.05, 3.63) is 57.1 Å². The number of amides is 1. The van der Waals surface area contributed by atoms with Crippen molar-refractivity contribution < 1.29 is 9.69 Å². The molecular formula is C19H21N2OS2+. The zero-order valence-corrected chi connectivity index (χ0v) is 15.4. The minimum atomic E-state index is 0.212. The molecule has 24 heavy (non-hydrogen) atoms. The summed E-state index contributed by atoms with van der Waals surface area (Å²) < 4.78 is 1.21. The van der Waals surface area contributed by atoms with E-state index in [0.717, 1.165) is 43.2 Å². The highest BCUT2D eigenvalue weighted by molar-refractivity contribution is 7.21. The van der Waals surface area contributed by atoms with Crippen molar-refractivity contribution in [2.24, 2.45) is 0 Å². The normalized spacial score (nSPS) is 16.0. The minimum Gasteiger partial charge on any atom is -0.328 e. The fraction of sp³-hybridized carbons (Fsp3) is 0.316. The van der Waals surface area contributed by atoms with Gasteiger partial charge >= 0.3 is 0 Å². The van der Waals surface area contributed by atoms with Gasteiger partial charge < -0.3 is 9.80 Å². The number of quaternary nitrogens is 1. The second-order valence-electron chi connectivity index (χ2n) is 6.35. The summed E-state index contributed by atoms with van der Waals surface area (Å²) in [4.78, 5) is 18.9. The van der Waals surface area contributed by atoms with Gasteiger partial charge in [-0.1, -0.05) is 24.3 Å². The van der Waals surface area contributed by atoms with Crippen LogP contribution in [-0.4, -0.2) is 37.0 Å². The number of benzene rings is 1. The van der Waals surface area contributed by atoms with Gasteiger partial charge in [-0.05, 0) is 35.4 Å². The first kappa shape index (κ1) is 15.8. The van der Waals surface area contributed by atoms with Gasteiger partial charge in [0, 0.05) is 4.70 Å². The van der Waals surface area contributed by atoms with Crippen LogP contribution in [0.5, 0.6) is 0 Å². The molecule has 5 heteroatoms. The van der Waals surface area contributed by atoms with E-state index in [1.54, 1.807) is 16.2 Å². The first-order valence-corrected chi connectivity index (χ1v) is 10.1. The van der Waals surface area contributed by atoms with Crippen LogP contribution in [0, 0.1) is 6.92 Å². The van der Waals surface area contributed by atoms with Crippen LogP contribution in [0.1, 0.15) is 20.1 Å². The SMILES string of the molecule is Cc1c(C(=O)N2CC[NH+](Cc3cccs3)CC2)sc2ccccc12. The van der Waals surface area contributed by atoms with Crippen LogP contribution in [0.4, 0.5) is 0 Å². The average molecular weight is 358 g/mol. The van der Waals surface area contributed by atoms with E-state index in [2.05, 4.69) is 36.6 Å². The molecule has 1 N–H and O–H groups in total. The summed E-state index contributed by atoms with van der Waals surface area (Å²) in [5, 5.41) is 3.35. The number of piperazine rings is 1. The second-order valence-corrected chi connectivity index (χ2v) is 8.44. The molecule has 1 saturated heterocycles. The number of aryl methyl sites for hydroxylation is 1. The van der Waals surface area contributed by atoms with Gasteiger partial charge in [-0.3, -0.25) is 4.79 Å². The Bertz CT molecular complexity index is 846. The highest BCUT2D eigenvalue weighted by Crippen LogP contribution is 2.31. The molecule has 3 heterocycles. The van der Waals surface area contributed by atoms with E-state index in [1.807, 2.05) is 28.4 Å². The maximum atomic E-state index is 12.9. The second kappa shape index (κ2) is 6.67. The largest absolute Gasteiger partial charge is 0.328 e.